The average Bonchev–Trinajstić information content (AvgIpc) is 3.18. The van der Waals surface area contributed by atoms with Crippen LogP contribution in [0.1, 0.15) is 65.7 Å². The fraction of sp³-hybridized carbons (Fsp3) is 0.941. The molecule has 0 bridgehead atoms. The lowest BCUT2D eigenvalue weighted by Gasteiger charge is -2.35. The number of hydrogen-bond acceptors (Lipinski definition) is 4. The number of rotatable bonds is 8. The number of nitrogens with one attached hydrogen (secondary N) is 1. The minimum Gasteiger partial charge on any atom is -0.468 e. The standard InChI is InChI=1S/C17H31NO3/c1-5-16(2,3)21-12-10-13-7-6-11-17(13,15(19)20-4)18-14-8-9-14/h13-14,18H,5-12H2,1-4H3. The molecule has 2 fully saturated rings. The van der Waals surface area contributed by atoms with E-state index in [0.717, 1.165) is 38.7 Å². The predicted molar refractivity (Wildman–Crippen MR) is 83.2 cm³/mol. The molecule has 0 heterocycles. The van der Waals surface area contributed by atoms with Gasteiger partial charge in [-0.25, -0.2) is 0 Å². The number of ether oxygens (including phenoxy) is 2. The van der Waals surface area contributed by atoms with Crippen molar-refractivity contribution >= 4 is 5.97 Å². The van der Waals surface area contributed by atoms with Crippen LogP contribution in [-0.2, 0) is 14.3 Å². The van der Waals surface area contributed by atoms with Gasteiger partial charge in [0, 0.05) is 12.6 Å². The van der Waals surface area contributed by atoms with E-state index in [-0.39, 0.29) is 11.6 Å². The molecule has 0 saturated heterocycles. The minimum atomic E-state index is -0.463. The second kappa shape index (κ2) is 6.66. The maximum absolute atomic E-state index is 12.4. The van der Waals surface area contributed by atoms with E-state index in [1.807, 2.05) is 0 Å². The Morgan fingerprint density at radius 1 is 1.33 bits per heavy atom. The molecular weight excluding hydrogens is 266 g/mol. The zero-order valence-corrected chi connectivity index (χ0v) is 14.0. The van der Waals surface area contributed by atoms with Gasteiger partial charge in [0.25, 0.3) is 0 Å². The smallest absolute Gasteiger partial charge is 0.326 e. The second-order valence-corrected chi connectivity index (χ2v) is 7.22. The molecular formula is C17H31NO3. The second-order valence-electron chi connectivity index (χ2n) is 7.22. The van der Waals surface area contributed by atoms with Crippen molar-refractivity contribution in [1.29, 1.82) is 0 Å². The van der Waals surface area contributed by atoms with Crippen molar-refractivity contribution in [2.75, 3.05) is 13.7 Å². The predicted octanol–water partition coefficient (Wildman–Crippen LogP) is 3.05. The third-order valence-electron chi connectivity index (χ3n) is 5.22. The van der Waals surface area contributed by atoms with Crippen molar-refractivity contribution in [3.05, 3.63) is 0 Å². The first kappa shape index (κ1) is 16.8. The Morgan fingerprint density at radius 3 is 2.62 bits per heavy atom. The van der Waals surface area contributed by atoms with Gasteiger partial charge >= 0.3 is 5.97 Å². The molecule has 0 aromatic carbocycles. The van der Waals surface area contributed by atoms with Crippen LogP contribution in [0, 0.1) is 5.92 Å². The lowest BCUT2D eigenvalue weighted by atomic mass is 9.84. The molecule has 122 valence electrons. The van der Waals surface area contributed by atoms with Gasteiger partial charge in [0.15, 0.2) is 0 Å². The van der Waals surface area contributed by atoms with E-state index in [4.69, 9.17) is 9.47 Å². The van der Waals surface area contributed by atoms with Gasteiger partial charge < -0.3 is 9.47 Å². The summed E-state index contributed by atoms with van der Waals surface area (Å²) < 4.78 is 11.1. The lowest BCUT2D eigenvalue weighted by Crippen LogP contribution is -2.56. The number of hydrogen-bond donors (Lipinski definition) is 1. The molecule has 1 N–H and O–H groups in total. The number of carbonyl (C=O) groups is 1. The molecule has 0 aliphatic heterocycles. The molecule has 0 radical (unpaired) electrons. The number of carbonyl (C=O) groups excluding carboxylic acids is 1. The molecule has 21 heavy (non-hydrogen) atoms. The van der Waals surface area contributed by atoms with E-state index in [9.17, 15) is 4.79 Å². The SMILES string of the molecule is CCC(C)(C)OCCC1CCCC1(NC1CC1)C(=O)OC. The largest absolute Gasteiger partial charge is 0.468 e. The highest BCUT2D eigenvalue weighted by Gasteiger charge is 2.51. The van der Waals surface area contributed by atoms with Crippen LogP contribution in [0.15, 0.2) is 0 Å². The molecule has 0 spiro atoms. The van der Waals surface area contributed by atoms with Crippen molar-refractivity contribution in [3.63, 3.8) is 0 Å². The van der Waals surface area contributed by atoms with Crippen molar-refractivity contribution in [3.8, 4) is 0 Å². The third-order valence-corrected chi connectivity index (χ3v) is 5.22. The fourth-order valence-electron chi connectivity index (χ4n) is 3.34. The van der Waals surface area contributed by atoms with E-state index in [1.54, 1.807) is 0 Å². The first-order valence-corrected chi connectivity index (χ1v) is 8.43. The Morgan fingerprint density at radius 2 is 2.05 bits per heavy atom. The van der Waals surface area contributed by atoms with Crippen LogP contribution < -0.4 is 5.32 Å². The molecule has 2 unspecified atom stereocenters. The van der Waals surface area contributed by atoms with Crippen LogP contribution in [0.3, 0.4) is 0 Å². The highest BCUT2D eigenvalue weighted by molar-refractivity contribution is 5.81. The lowest BCUT2D eigenvalue weighted by molar-refractivity contribution is -0.151. The van der Waals surface area contributed by atoms with Crippen molar-refractivity contribution < 1.29 is 14.3 Å². The summed E-state index contributed by atoms with van der Waals surface area (Å²) in [6, 6.07) is 0.512. The van der Waals surface area contributed by atoms with E-state index < -0.39 is 5.54 Å². The van der Waals surface area contributed by atoms with Gasteiger partial charge in [-0.2, -0.15) is 0 Å². The number of methoxy groups -OCH3 is 1. The van der Waals surface area contributed by atoms with Crippen LogP contribution in [-0.4, -0.2) is 36.9 Å². The fourth-order valence-corrected chi connectivity index (χ4v) is 3.34. The van der Waals surface area contributed by atoms with Gasteiger partial charge in [0.05, 0.1) is 12.7 Å². The topological polar surface area (TPSA) is 47.6 Å². The zero-order valence-electron chi connectivity index (χ0n) is 14.0. The molecule has 2 rings (SSSR count). The van der Waals surface area contributed by atoms with Crippen LogP contribution in [0.25, 0.3) is 0 Å². The Kier molecular flexibility index (Phi) is 5.31. The summed E-state index contributed by atoms with van der Waals surface area (Å²) in [5.74, 6) is 0.254. The number of esters is 1. The normalized spacial score (nSPS) is 29.6. The summed E-state index contributed by atoms with van der Waals surface area (Å²) in [5.41, 5.74) is -0.536. The maximum atomic E-state index is 12.4. The Labute approximate surface area is 129 Å². The van der Waals surface area contributed by atoms with Crippen molar-refractivity contribution in [1.82, 2.24) is 5.32 Å². The van der Waals surface area contributed by atoms with Crippen molar-refractivity contribution in [2.45, 2.75) is 82.9 Å². The summed E-state index contributed by atoms with van der Waals surface area (Å²) in [7, 11) is 1.50. The first-order valence-electron chi connectivity index (χ1n) is 8.43. The highest BCUT2D eigenvalue weighted by Crippen LogP contribution is 2.41. The Bertz CT molecular complexity index is 365. The molecule has 0 amide bonds. The molecule has 2 aliphatic carbocycles. The molecule has 2 aliphatic rings. The van der Waals surface area contributed by atoms with Crippen LogP contribution in [0.2, 0.25) is 0 Å². The molecule has 2 atom stereocenters. The summed E-state index contributed by atoms with van der Waals surface area (Å²) in [6.07, 6.45) is 7.38. The third kappa shape index (κ3) is 3.98. The van der Waals surface area contributed by atoms with Crippen LogP contribution in [0.5, 0.6) is 0 Å². The molecule has 4 nitrogen and oxygen atoms in total. The van der Waals surface area contributed by atoms with Gasteiger partial charge in [-0.3, -0.25) is 10.1 Å². The highest BCUT2D eigenvalue weighted by atomic mass is 16.5. The summed E-state index contributed by atoms with van der Waals surface area (Å²) in [6.45, 7) is 7.11. The van der Waals surface area contributed by atoms with Crippen molar-refractivity contribution in [2.24, 2.45) is 5.92 Å². The Balaban J connectivity index is 1.96. The van der Waals surface area contributed by atoms with E-state index in [0.29, 0.717) is 12.0 Å². The summed E-state index contributed by atoms with van der Waals surface area (Å²) in [4.78, 5) is 12.4. The monoisotopic (exact) mass is 297 g/mol. The van der Waals surface area contributed by atoms with Crippen LogP contribution >= 0.6 is 0 Å². The minimum absolute atomic E-state index is 0.0730. The van der Waals surface area contributed by atoms with Gasteiger partial charge in [0.2, 0.25) is 0 Å². The summed E-state index contributed by atoms with van der Waals surface area (Å²) in [5, 5.41) is 3.60. The molecule has 0 aromatic rings. The van der Waals surface area contributed by atoms with Crippen LogP contribution in [0.4, 0.5) is 0 Å². The quantitative estimate of drug-likeness (QED) is 0.700. The molecule has 4 heteroatoms. The average molecular weight is 297 g/mol. The van der Waals surface area contributed by atoms with E-state index >= 15 is 0 Å². The molecule has 2 saturated carbocycles. The first-order chi connectivity index (χ1) is 9.93. The van der Waals surface area contributed by atoms with E-state index in [1.165, 1.54) is 20.0 Å². The maximum Gasteiger partial charge on any atom is 0.326 e. The summed E-state index contributed by atoms with van der Waals surface area (Å²) >= 11 is 0. The van der Waals surface area contributed by atoms with E-state index in [2.05, 4.69) is 26.1 Å². The van der Waals surface area contributed by atoms with Gasteiger partial charge in [-0.15, -0.1) is 0 Å². The molecule has 0 aromatic heterocycles. The van der Waals surface area contributed by atoms with Gasteiger partial charge in [-0.05, 0) is 58.3 Å². The Hall–Kier alpha value is -0.610. The van der Waals surface area contributed by atoms with Gasteiger partial charge in [0.1, 0.15) is 5.54 Å². The van der Waals surface area contributed by atoms with Gasteiger partial charge in [-0.1, -0.05) is 13.3 Å². The zero-order chi connectivity index (χ0) is 15.5.